The molecule has 130 valence electrons. The van der Waals surface area contributed by atoms with Crippen LogP contribution in [0.3, 0.4) is 0 Å². The number of likely N-dealkylation sites (tertiary alicyclic amines) is 1. The molecule has 6 heteroatoms. The van der Waals surface area contributed by atoms with E-state index in [2.05, 4.69) is 10.3 Å². The minimum Gasteiger partial charge on any atom is -0.352 e. The van der Waals surface area contributed by atoms with Crippen LogP contribution in [0, 0.1) is 18.7 Å². The molecule has 1 saturated heterocycles. The largest absolute Gasteiger partial charge is 0.352 e. The summed E-state index contributed by atoms with van der Waals surface area (Å²) in [7, 11) is 0. The van der Waals surface area contributed by atoms with Gasteiger partial charge in [-0.2, -0.15) is 0 Å². The fraction of sp³-hybridized carbons (Fsp3) is 0.316. The van der Waals surface area contributed by atoms with Crippen LogP contribution in [0.1, 0.15) is 23.1 Å². The number of pyridine rings is 1. The van der Waals surface area contributed by atoms with Gasteiger partial charge in [0.15, 0.2) is 0 Å². The SMILES string of the molecule is Cc1cc(CNC(=O)C2CC(=O)N(Cc3cccnc3)C2)ccc1F. The molecule has 0 saturated carbocycles. The zero-order chi connectivity index (χ0) is 17.8. The van der Waals surface area contributed by atoms with Gasteiger partial charge in [-0.15, -0.1) is 0 Å². The zero-order valence-corrected chi connectivity index (χ0v) is 14.0. The minimum atomic E-state index is -0.356. The second-order valence-corrected chi connectivity index (χ2v) is 6.34. The van der Waals surface area contributed by atoms with Gasteiger partial charge in [0.05, 0.1) is 5.92 Å². The van der Waals surface area contributed by atoms with Crippen molar-refractivity contribution in [2.75, 3.05) is 6.54 Å². The second-order valence-electron chi connectivity index (χ2n) is 6.34. The summed E-state index contributed by atoms with van der Waals surface area (Å²) in [6, 6.07) is 8.49. The van der Waals surface area contributed by atoms with Gasteiger partial charge in [0.2, 0.25) is 11.8 Å². The van der Waals surface area contributed by atoms with E-state index in [1.54, 1.807) is 36.4 Å². The molecule has 1 N–H and O–H groups in total. The highest BCUT2D eigenvalue weighted by molar-refractivity contribution is 5.89. The average Bonchev–Trinajstić information content (AvgIpc) is 2.97. The summed E-state index contributed by atoms with van der Waals surface area (Å²) in [4.78, 5) is 30.2. The minimum absolute atomic E-state index is 0.0263. The summed E-state index contributed by atoms with van der Waals surface area (Å²) < 4.78 is 13.3. The molecule has 25 heavy (non-hydrogen) atoms. The van der Waals surface area contributed by atoms with E-state index in [9.17, 15) is 14.0 Å². The molecule has 1 aliphatic heterocycles. The van der Waals surface area contributed by atoms with Crippen molar-refractivity contribution in [1.29, 1.82) is 0 Å². The maximum atomic E-state index is 13.3. The Labute approximate surface area is 145 Å². The molecule has 1 aromatic carbocycles. The van der Waals surface area contributed by atoms with Crippen LogP contribution in [0.25, 0.3) is 0 Å². The van der Waals surface area contributed by atoms with E-state index in [-0.39, 0.29) is 30.0 Å². The molecule has 2 heterocycles. The first-order chi connectivity index (χ1) is 12.0. The second kappa shape index (κ2) is 7.42. The third-order valence-corrected chi connectivity index (χ3v) is 4.37. The molecule has 1 atom stereocenters. The molecule has 0 bridgehead atoms. The van der Waals surface area contributed by atoms with Crippen molar-refractivity contribution in [3.05, 3.63) is 65.2 Å². The lowest BCUT2D eigenvalue weighted by Gasteiger charge is -2.16. The summed E-state index contributed by atoms with van der Waals surface area (Å²) in [5.74, 6) is -0.793. The number of rotatable bonds is 5. The van der Waals surface area contributed by atoms with Crippen LogP contribution >= 0.6 is 0 Å². The third-order valence-electron chi connectivity index (χ3n) is 4.37. The highest BCUT2D eigenvalue weighted by Crippen LogP contribution is 2.20. The van der Waals surface area contributed by atoms with Crippen LogP contribution in [0.2, 0.25) is 0 Å². The molecule has 2 aromatic rings. The van der Waals surface area contributed by atoms with Crippen LogP contribution in [-0.2, 0) is 22.7 Å². The van der Waals surface area contributed by atoms with Gasteiger partial charge in [0, 0.05) is 38.4 Å². The van der Waals surface area contributed by atoms with Crippen LogP contribution in [0.4, 0.5) is 4.39 Å². The molecule has 5 nitrogen and oxygen atoms in total. The molecular weight excluding hydrogens is 321 g/mol. The van der Waals surface area contributed by atoms with Crippen LogP contribution in [0.15, 0.2) is 42.7 Å². The van der Waals surface area contributed by atoms with Crippen molar-refractivity contribution in [2.24, 2.45) is 5.92 Å². The van der Waals surface area contributed by atoms with Gasteiger partial charge >= 0.3 is 0 Å². The lowest BCUT2D eigenvalue weighted by molar-refractivity contribution is -0.129. The van der Waals surface area contributed by atoms with Crippen molar-refractivity contribution in [2.45, 2.75) is 26.4 Å². The molecule has 1 unspecified atom stereocenters. The van der Waals surface area contributed by atoms with Crippen LogP contribution < -0.4 is 5.32 Å². The fourth-order valence-corrected chi connectivity index (χ4v) is 2.96. The van der Waals surface area contributed by atoms with Crippen molar-refractivity contribution in [3.8, 4) is 0 Å². The number of carbonyl (C=O) groups is 2. The van der Waals surface area contributed by atoms with Crippen LogP contribution in [0.5, 0.6) is 0 Å². The van der Waals surface area contributed by atoms with Gasteiger partial charge < -0.3 is 10.2 Å². The number of nitrogens with one attached hydrogen (secondary N) is 1. The summed E-state index contributed by atoms with van der Waals surface area (Å²) in [6.45, 7) is 2.88. The summed E-state index contributed by atoms with van der Waals surface area (Å²) >= 11 is 0. The predicted molar refractivity (Wildman–Crippen MR) is 90.7 cm³/mol. The smallest absolute Gasteiger partial charge is 0.225 e. The Kier molecular flexibility index (Phi) is 5.07. The van der Waals surface area contributed by atoms with E-state index in [0.29, 0.717) is 25.2 Å². The van der Waals surface area contributed by atoms with Gasteiger partial charge in [-0.1, -0.05) is 18.2 Å². The number of nitrogens with zero attached hydrogens (tertiary/aromatic N) is 2. The Bertz CT molecular complexity index is 779. The van der Waals surface area contributed by atoms with E-state index in [1.807, 2.05) is 12.1 Å². The normalized spacial score (nSPS) is 17.0. The van der Waals surface area contributed by atoms with Gasteiger partial charge in [-0.3, -0.25) is 14.6 Å². The molecule has 1 aliphatic rings. The summed E-state index contributed by atoms with van der Waals surface area (Å²) in [5.41, 5.74) is 2.33. The first-order valence-electron chi connectivity index (χ1n) is 8.22. The third kappa shape index (κ3) is 4.21. The Morgan fingerprint density at radius 2 is 2.20 bits per heavy atom. The lowest BCUT2D eigenvalue weighted by atomic mass is 10.1. The summed E-state index contributed by atoms with van der Waals surface area (Å²) in [6.07, 6.45) is 3.62. The van der Waals surface area contributed by atoms with Crippen molar-refractivity contribution < 1.29 is 14.0 Å². The topological polar surface area (TPSA) is 62.3 Å². The highest BCUT2D eigenvalue weighted by atomic mass is 19.1. The number of amides is 2. The van der Waals surface area contributed by atoms with E-state index < -0.39 is 0 Å². The highest BCUT2D eigenvalue weighted by Gasteiger charge is 2.34. The standard InChI is InChI=1S/C19H20FN3O2/c1-13-7-14(4-5-17(13)20)10-22-19(25)16-8-18(24)23(12-16)11-15-3-2-6-21-9-15/h2-7,9,16H,8,10-12H2,1H3,(H,22,25). The maximum Gasteiger partial charge on any atom is 0.225 e. The Hall–Kier alpha value is -2.76. The number of carbonyl (C=O) groups excluding carboxylic acids is 2. The van der Waals surface area contributed by atoms with Crippen molar-refractivity contribution >= 4 is 11.8 Å². The number of aromatic nitrogens is 1. The summed E-state index contributed by atoms with van der Waals surface area (Å²) in [5, 5.41) is 2.84. The van der Waals surface area contributed by atoms with Gasteiger partial charge in [0.1, 0.15) is 5.82 Å². The number of hydrogen-bond acceptors (Lipinski definition) is 3. The molecular formula is C19H20FN3O2. The molecule has 0 spiro atoms. The van der Waals surface area contributed by atoms with E-state index >= 15 is 0 Å². The Balaban J connectivity index is 1.54. The van der Waals surface area contributed by atoms with Gasteiger partial charge in [0.25, 0.3) is 0 Å². The van der Waals surface area contributed by atoms with Crippen LogP contribution in [-0.4, -0.2) is 28.2 Å². The number of benzene rings is 1. The molecule has 0 radical (unpaired) electrons. The van der Waals surface area contributed by atoms with E-state index in [0.717, 1.165) is 11.1 Å². The Morgan fingerprint density at radius 1 is 1.36 bits per heavy atom. The molecule has 0 aliphatic carbocycles. The van der Waals surface area contributed by atoms with Gasteiger partial charge in [-0.05, 0) is 35.7 Å². The van der Waals surface area contributed by atoms with E-state index in [4.69, 9.17) is 0 Å². The zero-order valence-electron chi connectivity index (χ0n) is 14.0. The lowest BCUT2D eigenvalue weighted by Crippen LogP contribution is -2.32. The van der Waals surface area contributed by atoms with Crippen molar-refractivity contribution in [1.82, 2.24) is 15.2 Å². The number of hydrogen-bond donors (Lipinski definition) is 1. The Morgan fingerprint density at radius 3 is 2.92 bits per heavy atom. The molecule has 2 amide bonds. The predicted octanol–water partition coefficient (Wildman–Crippen LogP) is 2.19. The number of aryl methyl sites for hydroxylation is 1. The number of halogens is 1. The van der Waals surface area contributed by atoms with Gasteiger partial charge in [-0.25, -0.2) is 4.39 Å². The molecule has 1 aromatic heterocycles. The first kappa shape index (κ1) is 17.1. The first-order valence-corrected chi connectivity index (χ1v) is 8.22. The quantitative estimate of drug-likeness (QED) is 0.907. The molecule has 3 rings (SSSR count). The molecule has 1 fully saturated rings. The maximum absolute atomic E-state index is 13.3. The average molecular weight is 341 g/mol. The van der Waals surface area contributed by atoms with Crippen molar-refractivity contribution in [3.63, 3.8) is 0 Å². The monoisotopic (exact) mass is 341 g/mol. The van der Waals surface area contributed by atoms with E-state index in [1.165, 1.54) is 6.07 Å². The fourth-order valence-electron chi connectivity index (χ4n) is 2.96.